The molecule has 1 aliphatic heterocycles. The number of hydrogen-bond acceptors (Lipinski definition) is 7. The molecular weight excluding hydrogens is 392 g/mol. The summed E-state index contributed by atoms with van der Waals surface area (Å²) in [6.45, 7) is 1.27. The predicted molar refractivity (Wildman–Crippen MR) is 120 cm³/mol. The molecule has 1 fully saturated rings. The van der Waals surface area contributed by atoms with Gasteiger partial charge in [-0.25, -0.2) is 4.79 Å². The van der Waals surface area contributed by atoms with Gasteiger partial charge in [-0.2, -0.15) is 0 Å². The second-order valence-electron chi connectivity index (χ2n) is 7.40. The van der Waals surface area contributed by atoms with Crippen LogP contribution in [0.15, 0.2) is 77.2 Å². The maximum Gasteiger partial charge on any atom is 0.415 e. The van der Waals surface area contributed by atoms with E-state index in [0.717, 1.165) is 12.8 Å². The lowest BCUT2D eigenvalue weighted by molar-refractivity contribution is 0.139. The molecule has 0 atom stereocenters. The van der Waals surface area contributed by atoms with E-state index < -0.39 is 0 Å². The molecule has 1 aliphatic rings. The Kier molecular flexibility index (Phi) is 6.07. The molecule has 3 aromatic rings. The average molecular weight is 416 g/mol. The molecule has 1 amide bonds. The largest absolute Gasteiger partial charge is 0.415 e. The molecule has 0 unspecified atom stereocenters. The Hall–Kier alpha value is -3.94. The molecule has 4 rings (SSSR count). The molecule has 0 saturated carbocycles. The second-order valence-corrected chi connectivity index (χ2v) is 7.40. The molecule has 1 aromatic heterocycles. The van der Waals surface area contributed by atoms with Crippen molar-refractivity contribution in [1.82, 2.24) is 9.88 Å². The fourth-order valence-electron chi connectivity index (χ4n) is 3.59. The normalized spacial score (nSPS) is 14.6. The number of nitrogens with two attached hydrogens (primary N) is 2. The minimum Gasteiger partial charge on any atom is -0.408 e. The Bertz CT molecular complexity index is 1080. The van der Waals surface area contributed by atoms with E-state index in [1.165, 1.54) is 5.56 Å². The summed E-state index contributed by atoms with van der Waals surface area (Å²) in [5.41, 5.74) is 14.8. The van der Waals surface area contributed by atoms with Crippen molar-refractivity contribution in [1.29, 1.82) is 0 Å². The quantitative estimate of drug-likeness (QED) is 0.456. The second kappa shape index (κ2) is 9.25. The van der Waals surface area contributed by atoms with Crippen molar-refractivity contribution in [3.8, 4) is 5.75 Å². The number of anilines is 2. The highest BCUT2D eigenvalue weighted by molar-refractivity contribution is 5.73. The van der Waals surface area contributed by atoms with Crippen molar-refractivity contribution in [3.63, 3.8) is 0 Å². The summed E-state index contributed by atoms with van der Waals surface area (Å²) in [5.74, 6) is 0.778. The van der Waals surface area contributed by atoms with E-state index in [0.29, 0.717) is 47.5 Å². The van der Waals surface area contributed by atoms with E-state index in [-0.39, 0.29) is 6.09 Å². The number of carbonyl (C=O) groups is 1. The Balaban J connectivity index is 1.41. The molecule has 2 heterocycles. The molecule has 1 saturated heterocycles. The summed E-state index contributed by atoms with van der Waals surface area (Å²) >= 11 is 0. The summed E-state index contributed by atoms with van der Waals surface area (Å²) < 4.78 is 5.64. The molecular formula is C23H24N6O2. The Morgan fingerprint density at radius 1 is 0.968 bits per heavy atom. The standard InChI is InChI=1S/C23H24N6O2/c24-18-5-6-20(19(25)15-18)27-28-21-3-1-2-4-22(21)31-23(30)29-13-9-17(10-14-29)16-7-11-26-12-8-16/h1-8,11-12,15,17H,9-10,13-14,24-25H2/b28-27+. The van der Waals surface area contributed by atoms with Crippen molar-refractivity contribution >= 4 is 28.8 Å². The molecule has 2 aromatic carbocycles. The van der Waals surface area contributed by atoms with E-state index in [9.17, 15) is 4.79 Å². The summed E-state index contributed by atoms with van der Waals surface area (Å²) in [6.07, 6.45) is 5.00. The monoisotopic (exact) mass is 416 g/mol. The number of ether oxygens (including phenoxy) is 1. The third-order valence-corrected chi connectivity index (χ3v) is 5.31. The Labute approximate surface area is 180 Å². The number of hydrogen-bond donors (Lipinski definition) is 2. The minimum absolute atomic E-state index is 0.349. The van der Waals surface area contributed by atoms with Crippen LogP contribution in [0.2, 0.25) is 0 Å². The van der Waals surface area contributed by atoms with E-state index in [4.69, 9.17) is 16.2 Å². The number of likely N-dealkylation sites (tertiary alicyclic amines) is 1. The first-order valence-electron chi connectivity index (χ1n) is 10.1. The highest BCUT2D eigenvalue weighted by Gasteiger charge is 2.25. The number of carbonyl (C=O) groups excluding carboxylic acids is 1. The first kappa shape index (κ1) is 20.3. The Morgan fingerprint density at radius 3 is 2.42 bits per heavy atom. The maximum atomic E-state index is 12.7. The summed E-state index contributed by atoms with van der Waals surface area (Å²) in [7, 11) is 0. The van der Waals surface area contributed by atoms with Gasteiger partial charge in [-0.15, -0.1) is 10.2 Å². The molecule has 8 heteroatoms. The van der Waals surface area contributed by atoms with E-state index in [2.05, 4.69) is 15.2 Å². The van der Waals surface area contributed by atoms with Crippen molar-refractivity contribution in [3.05, 3.63) is 72.6 Å². The third-order valence-electron chi connectivity index (χ3n) is 5.31. The summed E-state index contributed by atoms with van der Waals surface area (Å²) in [6, 6.07) is 16.1. The van der Waals surface area contributed by atoms with Crippen LogP contribution in [0.1, 0.15) is 24.3 Å². The van der Waals surface area contributed by atoms with Crippen LogP contribution in [-0.4, -0.2) is 29.1 Å². The number of amides is 1. The number of rotatable bonds is 4. The van der Waals surface area contributed by atoms with Crippen LogP contribution in [0.25, 0.3) is 0 Å². The van der Waals surface area contributed by atoms with Gasteiger partial charge in [0, 0.05) is 31.2 Å². The summed E-state index contributed by atoms with van der Waals surface area (Å²) in [4.78, 5) is 18.5. The number of benzene rings is 2. The zero-order chi connectivity index (χ0) is 21.6. The van der Waals surface area contributed by atoms with Gasteiger partial charge in [-0.1, -0.05) is 12.1 Å². The number of azo groups is 1. The number of para-hydroxylation sites is 1. The molecule has 0 bridgehead atoms. The molecule has 31 heavy (non-hydrogen) atoms. The fraction of sp³-hybridized carbons (Fsp3) is 0.217. The van der Waals surface area contributed by atoms with Gasteiger partial charge in [0.25, 0.3) is 0 Å². The molecule has 0 radical (unpaired) electrons. The van der Waals surface area contributed by atoms with Crippen LogP contribution in [0.4, 0.5) is 27.5 Å². The van der Waals surface area contributed by atoms with Gasteiger partial charge in [-0.05, 0) is 66.8 Å². The highest BCUT2D eigenvalue weighted by atomic mass is 16.6. The van der Waals surface area contributed by atoms with Gasteiger partial charge in [0.15, 0.2) is 5.75 Å². The topological polar surface area (TPSA) is 119 Å². The summed E-state index contributed by atoms with van der Waals surface area (Å²) in [5, 5.41) is 8.39. The van der Waals surface area contributed by atoms with Gasteiger partial charge in [0.05, 0.1) is 5.69 Å². The first-order chi connectivity index (χ1) is 15.1. The third kappa shape index (κ3) is 4.98. The smallest absolute Gasteiger partial charge is 0.408 e. The van der Waals surface area contributed by atoms with E-state index >= 15 is 0 Å². The van der Waals surface area contributed by atoms with Crippen LogP contribution in [-0.2, 0) is 0 Å². The van der Waals surface area contributed by atoms with Crippen LogP contribution in [0.3, 0.4) is 0 Å². The SMILES string of the molecule is Nc1ccc(/N=N/c2ccccc2OC(=O)N2CCC(c3ccncc3)CC2)c(N)c1. The maximum absolute atomic E-state index is 12.7. The zero-order valence-corrected chi connectivity index (χ0v) is 17.0. The lowest BCUT2D eigenvalue weighted by atomic mass is 9.90. The lowest BCUT2D eigenvalue weighted by Crippen LogP contribution is -2.39. The minimum atomic E-state index is -0.386. The van der Waals surface area contributed by atoms with Gasteiger partial charge in [-0.3, -0.25) is 4.98 Å². The average Bonchev–Trinajstić information content (AvgIpc) is 2.80. The van der Waals surface area contributed by atoms with Gasteiger partial charge >= 0.3 is 6.09 Å². The van der Waals surface area contributed by atoms with Crippen LogP contribution >= 0.6 is 0 Å². The van der Waals surface area contributed by atoms with E-state index in [1.807, 2.05) is 12.1 Å². The van der Waals surface area contributed by atoms with Crippen LogP contribution in [0, 0.1) is 0 Å². The zero-order valence-electron chi connectivity index (χ0n) is 17.0. The number of aromatic nitrogens is 1. The fourth-order valence-corrected chi connectivity index (χ4v) is 3.59. The Morgan fingerprint density at radius 2 is 1.68 bits per heavy atom. The number of pyridine rings is 1. The van der Waals surface area contributed by atoms with Crippen molar-refractivity contribution < 1.29 is 9.53 Å². The number of nitrogen functional groups attached to an aromatic ring is 2. The molecule has 4 N–H and O–H groups in total. The molecule has 0 spiro atoms. The number of nitrogens with zero attached hydrogens (tertiary/aromatic N) is 4. The molecule has 8 nitrogen and oxygen atoms in total. The van der Waals surface area contributed by atoms with Gasteiger partial charge < -0.3 is 21.1 Å². The van der Waals surface area contributed by atoms with Crippen molar-refractivity contribution in [2.45, 2.75) is 18.8 Å². The predicted octanol–water partition coefficient (Wildman–Crippen LogP) is 5.04. The highest BCUT2D eigenvalue weighted by Crippen LogP contribution is 2.32. The molecule has 0 aliphatic carbocycles. The lowest BCUT2D eigenvalue weighted by Gasteiger charge is -2.31. The van der Waals surface area contributed by atoms with Crippen LogP contribution < -0.4 is 16.2 Å². The van der Waals surface area contributed by atoms with Crippen molar-refractivity contribution in [2.75, 3.05) is 24.6 Å². The number of piperidine rings is 1. The van der Waals surface area contributed by atoms with E-state index in [1.54, 1.807) is 59.8 Å². The first-order valence-corrected chi connectivity index (χ1v) is 10.1. The van der Waals surface area contributed by atoms with Crippen LogP contribution in [0.5, 0.6) is 5.75 Å². The molecule has 158 valence electrons. The van der Waals surface area contributed by atoms with Crippen molar-refractivity contribution in [2.24, 2.45) is 10.2 Å². The van der Waals surface area contributed by atoms with Gasteiger partial charge in [0.1, 0.15) is 11.4 Å². The van der Waals surface area contributed by atoms with Gasteiger partial charge in [0.2, 0.25) is 0 Å².